The number of halogens is 1. The van der Waals surface area contributed by atoms with E-state index in [4.69, 9.17) is 19.6 Å². The maximum absolute atomic E-state index is 13.3. The Balaban J connectivity index is 2.61. The van der Waals surface area contributed by atoms with Gasteiger partial charge in [0, 0.05) is 5.92 Å². The van der Waals surface area contributed by atoms with E-state index in [-0.39, 0.29) is 31.0 Å². The lowest BCUT2D eigenvalue weighted by atomic mass is 9.78. The molecule has 2 rings (SSSR count). The van der Waals surface area contributed by atoms with E-state index in [1.165, 1.54) is 24.3 Å². The van der Waals surface area contributed by atoms with Gasteiger partial charge in [0.2, 0.25) is 5.90 Å². The molecule has 0 spiro atoms. The molecule has 1 heterocycles. The molecule has 142 valence electrons. The monoisotopic (exact) mass is 374 g/mol. The van der Waals surface area contributed by atoms with E-state index in [2.05, 4.69) is 0 Å². The van der Waals surface area contributed by atoms with Crippen molar-refractivity contribution < 1.29 is 28.2 Å². The first-order valence-corrected chi connectivity index (χ1v) is 8.40. The summed E-state index contributed by atoms with van der Waals surface area (Å²) in [5, 5.41) is 17.5. The number of benzene rings is 1. The van der Waals surface area contributed by atoms with Crippen LogP contribution in [0.1, 0.15) is 31.7 Å². The van der Waals surface area contributed by atoms with Crippen LogP contribution in [0, 0.1) is 28.5 Å². The van der Waals surface area contributed by atoms with Crippen LogP contribution in [0.5, 0.6) is 0 Å². The third kappa shape index (κ3) is 4.50. The molecular formula is C19H19FN2O5. The van der Waals surface area contributed by atoms with Crippen LogP contribution in [-0.2, 0) is 23.8 Å². The lowest BCUT2D eigenvalue weighted by Gasteiger charge is -2.31. The fraction of sp³-hybridized carbons (Fsp3) is 0.368. The van der Waals surface area contributed by atoms with Gasteiger partial charge in [0.05, 0.1) is 24.9 Å². The number of hydrogen-bond donors (Lipinski definition) is 1. The fourth-order valence-electron chi connectivity index (χ4n) is 2.83. The maximum atomic E-state index is 13.3. The summed E-state index contributed by atoms with van der Waals surface area (Å²) in [6.45, 7) is 3.46. The van der Waals surface area contributed by atoms with Crippen molar-refractivity contribution in [2.45, 2.75) is 26.2 Å². The van der Waals surface area contributed by atoms with E-state index in [9.17, 15) is 19.2 Å². The Bertz CT molecular complexity index is 810. The molecule has 1 aromatic rings. The largest absolute Gasteiger partial charge is 0.466 e. The van der Waals surface area contributed by atoms with E-state index >= 15 is 0 Å². The standard InChI is InChI=1S/C19H19FN2O5/c1-3-25-15(23)9-14-17(19(24)26-4-2)16(13(10-21)18(22)27-14)11-5-7-12(20)8-6-11/h5-8,13,16,22H,3-4,9H2,1-2H3. The number of nitriles is 1. The Kier molecular flexibility index (Phi) is 6.66. The van der Waals surface area contributed by atoms with Crippen molar-refractivity contribution in [1.29, 1.82) is 10.7 Å². The zero-order valence-corrected chi connectivity index (χ0v) is 15.0. The van der Waals surface area contributed by atoms with Crippen molar-refractivity contribution in [1.82, 2.24) is 0 Å². The molecule has 1 aromatic carbocycles. The molecule has 27 heavy (non-hydrogen) atoms. The molecule has 1 aliphatic rings. The molecule has 1 N–H and O–H groups in total. The normalized spacial score (nSPS) is 19.1. The summed E-state index contributed by atoms with van der Waals surface area (Å²) >= 11 is 0. The van der Waals surface area contributed by atoms with Crippen LogP contribution in [0.3, 0.4) is 0 Å². The van der Waals surface area contributed by atoms with Crippen molar-refractivity contribution in [2.75, 3.05) is 13.2 Å². The molecule has 1 aliphatic heterocycles. The third-order valence-electron chi connectivity index (χ3n) is 3.93. The molecule has 7 nitrogen and oxygen atoms in total. The highest BCUT2D eigenvalue weighted by atomic mass is 19.1. The minimum Gasteiger partial charge on any atom is -0.466 e. The van der Waals surface area contributed by atoms with Crippen LogP contribution in [0.4, 0.5) is 4.39 Å². The molecule has 0 aromatic heterocycles. The highest BCUT2D eigenvalue weighted by Crippen LogP contribution is 2.40. The van der Waals surface area contributed by atoms with Crippen molar-refractivity contribution in [2.24, 2.45) is 5.92 Å². The summed E-state index contributed by atoms with van der Waals surface area (Å²) in [4.78, 5) is 24.5. The van der Waals surface area contributed by atoms with Crippen LogP contribution in [-0.4, -0.2) is 31.1 Å². The average Bonchev–Trinajstić information content (AvgIpc) is 2.62. The number of esters is 2. The predicted octanol–water partition coefficient (Wildman–Crippen LogP) is 2.83. The van der Waals surface area contributed by atoms with Gasteiger partial charge in [0.1, 0.15) is 23.9 Å². The van der Waals surface area contributed by atoms with Crippen LogP contribution in [0.15, 0.2) is 35.6 Å². The minimum absolute atomic E-state index is 0.0425. The Morgan fingerprint density at radius 3 is 2.41 bits per heavy atom. The fourth-order valence-corrected chi connectivity index (χ4v) is 2.83. The van der Waals surface area contributed by atoms with Gasteiger partial charge < -0.3 is 14.2 Å². The van der Waals surface area contributed by atoms with Crippen LogP contribution in [0.2, 0.25) is 0 Å². The summed E-state index contributed by atoms with van der Waals surface area (Å²) in [6.07, 6.45) is -0.389. The molecule has 2 unspecified atom stereocenters. The van der Waals surface area contributed by atoms with Gasteiger partial charge in [0.25, 0.3) is 0 Å². The first-order valence-electron chi connectivity index (χ1n) is 8.40. The van der Waals surface area contributed by atoms with Crippen LogP contribution < -0.4 is 0 Å². The second-order valence-corrected chi connectivity index (χ2v) is 5.64. The van der Waals surface area contributed by atoms with Gasteiger partial charge in [-0.05, 0) is 31.5 Å². The topological polar surface area (TPSA) is 109 Å². The van der Waals surface area contributed by atoms with Crippen LogP contribution >= 0.6 is 0 Å². The average molecular weight is 374 g/mol. The lowest BCUT2D eigenvalue weighted by molar-refractivity contribution is -0.142. The van der Waals surface area contributed by atoms with E-state index < -0.39 is 35.5 Å². The molecular weight excluding hydrogens is 355 g/mol. The number of ether oxygens (including phenoxy) is 3. The predicted molar refractivity (Wildman–Crippen MR) is 92.0 cm³/mol. The lowest BCUT2D eigenvalue weighted by Crippen LogP contribution is -2.34. The van der Waals surface area contributed by atoms with Gasteiger partial charge in [-0.15, -0.1) is 0 Å². The number of hydrogen-bond acceptors (Lipinski definition) is 7. The molecule has 0 saturated carbocycles. The molecule has 0 radical (unpaired) electrons. The highest BCUT2D eigenvalue weighted by molar-refractivity contribution is 5.97. The minimum atomic E-state index is -1.12. The van der Waals surface area contributed by atoms with Crippen molar-refractivity contribution in [3.05, 3.63) is 47.0 Å². The van der Waals surface area contributed by atoms with Gasteiger partial charge in [0.15, 0.2) is 0 Å². The Hall–Kier alpha value is -3.21. The molecule has 8 heteroatoms. The smallest absolute Gasteiger partial charge is 0.338 e. The summed E-state index contributed by atoms with van der Waals surface area (Å²) in [7, 11) is 0. The van der Waals surface area contributed by atoms with Gasteiger partial charge in [-0.1, -0.05) is 12.1 Å². The Labute approximate surface area is 155 Å². The van der Waals surface area contributed by atoms with Crippen molar-refractivity contribution in [3.8, 4) is 6.07 Å². The van der Waals surface area contributed by atoms with Crippen molar-refractivity contribution in [3.63, 3.8) is 0 Å². The summed E-state index contributed by atoms with van der Waals surface area (Å²) < 4.78 is 28.6. The number of carbonyl (C=O) groups excluding carboxylic acids is 2. The molecule has 0 aliphatic carbocycles. The van der Waals surface area contributed by atoms with Gasteiger partial charge in [-0.3, -0.25) is 10.2 Å². The van der Waals surface area contributed by atoms with Crippen LogP contribution in [0.25, 0.3) is 0 Å². The van der Waals surface area contributed by atoms with E-state index in [1.807, 2.05) is 6.07 Å². The maximum Gasteiger partial charge on any atom is 0.338 e. The second-order valence-electron chi connectivity index (χ2n) is 5.64. The number of nitrogens with one attached hydrogen (secondary N) is 1. The first kappa shape index (κ1) is 20.1. The second kappa shape index (κ2) is 8.94. The van der Waals surface area contributed by atoms with Gasteiger partial charge >= 0.3 is 11.9 Å². The summed E-state index contributed by atoms with van der Waals surface area (Å²) in [5.74, 6) is -4.45. The van der Waals surface area contributed by atoms with Gasteiger partial charge in [-0.2, -0.15) is 5.26 Å². The Morgan fingerprint density at radius 1 is 1.22 bits per heavy atom. The molecule has 0 bridgehead atoms. The number of rotatable bonds is 6. The van der Waals surface area contributed by atoms with E-state index in [0.29, 0.717) is 5.56 Å². The van der Waals surface area contributed by atoms with Gasteiger partial charge in [-0.25, -0.2) is 9.18 Å². The van der Waals surface area contributed by atoms with E-state index in [1.54, 1.807) is 13.8 Å². The molecule has 0 amide bonds. The highest BCUT2D eigenvalue weighted by Gasteiger charge is 2.42. The zero-order valence-electron chi connectivity index (χ0n) is 15.0. The Morgan fingerprint density at radius 2 is 1.85 bits per heavy atom. The van der Waals surface area contributed by atoms with Crippen molar-refractivity contribution >= 4 is 17.8 Å². The SMILES string of the molecule is CCOC(=O)CC1=C(C(=O)OCC)C(c2ccc(F)cc2)C(C#N)C(=N)O1. The zero-order chi connectivity index (χ0) is 20.0. The quantitative estimate of drug-likeness (QED) is 0.767. The first-order chi connectivity index (χ1) is 12.9. The summed E-state index contributed by atoms with van der Waals surface area (Å²) in [5.41, 5.74) is 0.388. The number of carbonyl (C=O) groups is 2. The van der Waals surface area contributed by atoms with E-state index in [0.717, 1.165) is 0 Å². The third-order valence-corrected chi connectivity index (χ3v) is 3.93. The molecule has 0 fully saturated rings. The molecule has 2 atom stereocenters. The number of nitrogens with zero attached hydrogens (tertiary/aromatic N) is 1. The summed E-state index contributed by atoms with van der Waals surface area (Å²) in [6, 6.07) is 7.17. The molecule has 0 saturated heterocycles.